The van der Waals surface area contributed by atoms with Crippen molar-refractivity contribution in [2.75, 3.05) is 33.0 Å². The van der Waals surface area contributed by atoms with Gasteiger partial charge < -0.3 is 15.4 Å². The molecule has 0 aromatic heterocycles. The molecule has 0 radical (unpaired) electrons. The summed E-state index contributed by atoms with van der Waals surface area (Å²) in [5.41, 5.74) is 1.08. The van der Waals surface area contributed by atoms with Crippen molar-refractivity contribution in [2.45, 2.75) is 24.2 Å². The number of hydrogen-bond acceptors (Lipinski definition) is 4. The van der Waals surface area contributed by atoms with E-state index in [4.69, 9.17) is 4.74 Å². The number of benzene rings is 2. The smallest absolute Gasteiger partial charge is 0.190 e. The number of para-hydroxylation sites is 1. The minimum atomic E-state index is -3.14. The van der Waals surface area contributed by atoms with Crippen molar-refractivity contribution in [1.82, 2.24) is 10.6 Å². The predicted molar refractivity (Wildman–Crippen MR) is 114 cm³/mol. The molecule has 0 amide bonds. The fraction of sp³-hybridized carbons (Fsp3) is 0.381. The highest BCUT2D eigenvalue weighted by Crippen LogP contribution is 2.10. The van der Waals surface area contributed by atoms with Gasteiger partial charge >= 0.3 is 0 Å². The monoisotopic (exact) mass is 403 g/mol. The second-order valence-corrected chi connectivity index (χ2v) is 8.48. The van der Waals surface area contributed by atoms with Crippen molar-refractivity contribution in [3.8, 4) is 5.75 Å². The van der Waals surface area contributed by atoms with E-state index in [9.17, 15) is 8.42 Å². The average Bonchev–Trinajstić information content (AvgIpc) is 2.69. The standard InChI is InChI=1S/C21H29N3O3S/c1-22-21(23-15-6-7-17-27-19-8-4-3-5-9-19)24-16-14-18-10-12-20(13-11-18)28(2,25)26/h3-5,8-13H,6-7,14-17H2,1-2H3,(H2,22,23,24). The van der Waals surface area contributed by atoms with E-state index in [0.29, 0.717) is 11.5 Å². The zero-order valence-electron chi connectivity index (χ0n) is 16.5. The third-order valence-electron chi connectivity index (χ3n) is 4.16. The highest BCUT2D eigenvalue weighted by Gasteiger charge is 2.06. The van der Waals surface area contributed by atoms with E-state index in [1.54, 1.807) is 19.2 Å². The lowest BCUT2D eigenvalue weighted by Gasteiger charge is -2.12. The number of sulfone groups is 1. The van der Waals surface area contributed by atoms with Crippen LogP contribution in [0.2, 0.25) is 0 Å². The van der Waals surface area contributed by atoms with Crippen molar-refractivity contribution in [2.24, 2.45) is 4.99 Å². The maximum Gasteiger partial charge on any atom is 0.190 e. The lowest BCUT2D eigenvalue weighted by atomic mass is 10.1. The van der Waals surface area contributed by atoms with Crippen molar-refractivity contribution in [3.63, 3.8) is 0 Å². The van der Waals surface area contributed by atoms with Gasteiger partial charge in [-0.25, -0.2) is 8.42 Å². The molecule has 0 bridgehead atoms. The molecule has 0 aliphatic heterocycles. The lowest BCUT2D eigenvalue weighted by Crippen LogP contribution is -2.38. The molecule has 0 aliphatic carbocycles. The van der Waals surface area contributed by atoms with Crippen molar-refractivity contribution >= 4 is 15.8 Å². The van der Waals surface area contributed by atoms with E-state index in [1.807, 2.05) is 42.5 Å². The molecule has 2 aromatic carbocycles. The van der Waals surface area contributed by atoms with Gasteiger partial charge in [-0.1, -0.05) is 30.3 Å². The number of guanidine groups is 1. The molecule has 2 rings (SSSR count). The Balaban J connectivity index is 1.59. The zero-order chi connectivity index (χ0) is 20.2. The van der Waals surface area contributed by atoms with Gasteiger partial charge in [-0.15, -0.1) is 0 Å². The Morgan fingerprint density at radius 2 is 1.64 bits per heavy atom. The van der Waals surface area contributed by atoms with Gasteiger partial charge in [0, 0.05) is 26.4 Å². The maximum absolute atomic E-state index is 11.5. The fourth-order valence-electron chi connectivity index (χ4n) is 2.59. The van der Waals surface area contributed by atoms with Gasteiger partial charge in [0.2, 0.25) is 0 Å². The molecule has 152 valence electrons. The summed E-state index contributed by atoms with van der Waals surface area (Å²) in [6.07, 6.45) is 3.95. The predicted octanol–water partition coefficient (Wildman–Crippen LogP) is 2.66. The first kappa shape index (κ1) is 21.8. The van der Waals surface area contributed by atoms with Crippen LogP contribution in [0, 0.1) is 0 Å². The minimum absolute atomic E-state index is 0.345. The number of ether oxygens (including phenoxy) is 1. The molecule has 0 heterocycles. The summed E-state index contributed by atoms with van der Waals surface area (Å²) in [5, 5.41) is 6.56. The molecule has 0 aliphatic rings. The molecule has 0 saturated carbocycles. The van der Waals surface area contributed by atoms with Crippen LogP contribution in [0.3, 0.4) is 0 Å². The fourth-order valence-corrected chi connectivity index (χ4v) is 3.22. The number of nitrogens with zero attached hydrogens (tertiary/aromatic N) is 1. The van der Waals surface area contributed by atoms with E-state index in [0.717, 1.165) is 49.6 Å². The second-order valence-electron chi connectivity index (χ2n) is 6.46. The van der Waals surface area contributed by atoms with E-state index >= 15 is 0 Å². The Morgan fingerprint density at radius 1 is 0.964 bits per heavy atom. The highest BCUT2D eigenvalue weighted by molar-refractivity contribution is 7.90. The Hall–Kier alpha value is -2.54. The topological polar surface area (TPSA) is 79.8 Å². The number of nitrogens with one attached hydrogen (secondary N) is 2. The van der Waals surface area contributed by atoms with Crippen molar-refractivity contribution in [3.05, 3.63) is 60.2 Å². The van der Waals surface area contributed by atoms with Gasteiger partial charge in [-0.3, -0.25) is 4.99 Å². The van der Waals surface area contributed by atoms with Crippen LogP contribution in [0.15, 0.2) is 64.5 Å². The first-order valence-electron chi connectivity index (χ1n) is 9.40. The number of aliphatic imine (C=N–C) groups is 1. The highest BCUT2D eigenvalue weighted by atomic mass is 32.2. The quantitative estimate of drug-likeness (QED) is 0.362. The summed E-state index contributed by atoms with van der Waals surface area (Å²) in [4.78, 5) is 4.56. The van der Waals surface area contributed by atoms with Crippen LogP contribution >= 0.6 is 0 Å². The summed E-state index contributed by atoms with van der Waals surface area (Å²) >= 11 is 0. The Bertz CT molecular complexity index is 835. The molecule has 28 heavy (non-hydrogen) atoms. The minimum Gasteiger partial charge on any atom is -0.494 e. The van der Waals surface area contributed by atoms with Crippen LogP contribution in [0.1, 0.15) is 18.4 Å². The van der Waals surface area contributed by atoms with Crippen LogP contribution in [0.4, 0.5) is 0 Å². The van der Waals surface area contributed by atoms with Crippen LogP contribution in [-0.4, -0.2) is 47.4 Å². The molecule has 6 nitrogen and oxygen atoms in total. The number of rotatable bonds is 10. The third kappa shape index (κ3) is 8.00. The molecule has 7 heteroatoms. The molecule has 0 saturated heterocycles. The first-order valence-corrected chi connectivity index (χ1v) is 11.3. The lowest BCUT2D eigenvalue weighted by molar-refractivity contribution is 0.307. The van der Waals surface area contributed by atoms with Crippen molar-refractivity contribution < 1.29 is 13.2 Å². The summed E-state index contributed by atoms with van der Waals surface area (Å²) in [5.74, 6) is 1.66. The van der Waals surface area contributed by atoms with Gasteiger partial charge in [-0.2, -0.15) is 0 Å². The van der Waals surface area contributed by atoms with E-state index in [2.05, 4.69) is 15.6 Å². The number of hydrogen-bond donors (Lipinski definition) is 2. The largest absolute Gasteiger partial charge is 0.494 e. The second kappa shape index (κ2) is 11.3. The van der Waals surface area contributed by atoms with Gasteiger partial charge in [-0.05, 0) is 49.1 Å². The summed E-state index contributed by atoms with van der Waals surface area (Å²) < 4.78 is 28.6. The van der Waals surface area contributed by atoms with Crippen LogP contribution in [0.25, 0.3) is 0 Å². The average molecular weight is 404 g/mol. The Kier molecular flexibility index (Phi) is 8.81. The Labute approximate surface area is 168 Å². The van der Waals surface area contributed by atoms with E-state index < -0.39 is 9.84 Å². The van der Waals surface area contributed by atoms with Crippen LogP contribution in [0.5, 0.6) is 5.75 Å². The molecule has 0 spiro atoms. The zero-order valence-corrected chi connectivity index (χ0v) is 17.3. The SMILES string of the molecule is CN=C(NCCCCOc1ccccc1)NCCc1ccc(S(C)(=O)=O)cc1. The van der Waals surface area contributed by atoms with Crippen molar-refractivity contribution in [1.29, 1.82) is 0 Å². The molecule has 0 unspecified atom stereocenters. The van der Waals surface area contributed by atoms with Gasteiger partial charge in [0.15, 0.2) is 15.8 Å². The summed E-state index contributed by atoms with van der Waals surface area (Å²) in [6.45, 7) is 2.23. The van der Waals surface area contributed by atoms with Gasteiger partial charge in [0.1, 0.15) is 5.75 Å². The maximum atomic E-state index is 11.5. The molecule has 0 atom stereocenters. The molecular weight excluding hydrogens is 374 g/mol. The Morgan fingerprint density at radius 3 is 2.29 bits per heavy atom. The molecule has 2 aromatic rings. The summed E-state index contributed by atoms with van der Waals surface area (Å²) in [7, 11) is -1.40. The normalized spacial score (nSPS) is 11.9. The van der Waals surface area contributed by atoms with E-state index in [1.165, 1.54) is 6.26 Å². The van der Waals surface area contributed by atoms with Gasteiger partial charge in [0.25, 0.3) is 0 Å². The molecule has 2 N–H and O–H groups in total. The molecule has 0 fully saturated rings. The third-order valence-corrected chi connectivity index (χ3v) is 5.29. The van der Waals surface area contributed by atoms with Crippen LogP contribution in [-0.2, 0) is 16.3 Å². The molecular formula is C21H29N3O3S. The first-order chi connectivity index (χ1) is 13.5. The van der Waals surface area contributed by atoms with Gasteiger partial charge in [0.05, 0.1) is 11.5 Å². The number of unbranched alkanes of at least 4 members (excludes halogenated alkanes) is 1. The summed E-state index contributed by atoms with van der Waals surface area (Å²) in [6, 6.07) is 16.8. The van der Waals surface area contributed by atoms with E-state index in [-0.39, 0.29) is 0 Å². The van der Waals surface area contributed by atoms with Crippen LogP contribution < -0.4 is 15.4 Å².